The van der Waals surface area contributed by atoms with Gasteiger partial charge >= 0.3 is 0 Å². The van der Waals surface area contributed by atoms with Crippen molar-refractivity contribution in [2.24, 2.45) is 5.92 Å². The predicted octanol–water partition coefficient (Wildman–Crippen LogP) is 2.75. The van der Waals surface area contributed by atoms with Gasteiger partial charge in [-0.3, -0.25) is 4.90 Å². The van der Waals surface area contributed by atoms with Crippen LogP contribution in [0.1, 0.15) is 31.6 Å². The lowest BCUT2D eigenvalue weighted by atomic mass is 9.93. The summed E-state index contributed by atoms with van der Waals surface area (Å²) in [4.78, 5) is 6.91. The molecule has 1 atom stereocenters. The van der Waals surface area contributed by atoms with Crippen LogP contribution in [-0.4, -0.2) is 61.2 Å². The van der Waals surface area contributed by atoms with E-state index in [1.165, 1.54) is 6.42 Å². The van der Waals surface area contributed by atoms with Gasteiger partial charge in [0, 0.05) is 13.2 Å². The highest BCUT2D eigenvalue weighted by molar-refractivity contribution is 5.71. The first-order valence-electron chi connectivity index (χ1n) is 9.65. The third-order valence-corrected chi connectivity index (χ3v) is 5.15. The van der Waals surface area contributed by atoms with Crippen LogP contribution in [0.5, 0.6) is 17.2 Å². The molecular formula is C20H29N3O5. The Morgan fingerprint density at radius 3 is 2.71 bits per heavy atom. The number of aliphatic hydroxyl groups excluding tert-OH is 1. The number of rotatable bonds is 9. The SMILES string of the molecule is COc1ccc(-c2noc(CN3CCC[C@H](CCCO)C3)n2)c(OC)c1OC. The fraction of sp³-hybridized carbons (Fsp3) is 0.600. The molecule has 1 saturated heterocycles. The molecule has 154 valence electrons. The number of hydrogen-bond acceptors (Lipinski definition) is 8. The van der Waals surface area contributed by atoms with Crippen LogP contribution < -0.4 is 14.2 Å². The van der Waals surface area contributed by atoms with E-state index in [0.717, 1.165) is 32.4 Å². The van der Waals surface area contributed by atoms with Gasteiger partial charge in [0.1, 0.15) is 0 Å². The van der Waals surface area contributed by atoms with E-state index in [9.17, 15) is 0 Å². The molecule has 28 heavy (non-hydrogen) atoms. The van der Waals surface area contributed by atoms with E-state index in [-0.39, 0.29) is 6.61 Å². The maximum absolute atomic E-state index is 9.05. The third-order valence-electron chi connectivity index (χ3n) is 5.15. The van der Waals surface area contributed by atoms with Crippen LogP contribution in [-0.2, 0) is 6.54 Å². The lowest BCUT2D eigenvalue weighted by Gasteiger charge is -2.31. The number of methoxy groups -OCH3 is 3. The van der Waals surface area contributed by atoms with Crippen molar-refractivity contribution in [2.75, 3.05) is 41.0 Å². The Labute approximate surface area is 165 Å². The standard InChI is InChI=1S/C20H29N3O5/c1-25-16-9-8-15(18(26-2)19(16)27-3)20-21-17(28-22-20)13-23-10-4-6-14(12-23)7-5-11-24/h8-9,14,24H,4-7,10-13H2,1-3H3/t14-/m1/s1. The Balaban J connectivity index is 1.74. The van der Waals surface area contributed by atoms with Crippen molar-refractivity contribution < 1.29 is 23.8 Å². The molecule has 0 amide bonds. The number of aromatic nitrogens is 2. The van der Waals surface area contributed by atoms with Crippen LogP contribution in [0.25, 0.3) is 11.4 Å². The topological polar surface area (TPSA) is 90.1 Å². The van der Waals surface area contributed by atoms with Crippen LogP contribution in [0, 0.1) is 5.92 Å². The largest absolute Gasteiger partial charge is 0.493 e. The van der Waals surface area contributed by atoms with Crippen LogP contribution in [0.2, 0.25) is 0 Å². The van der Waals surface area contributed by atoms with Crippen LogP contribution in [0.3, 0.4) is 0 Å². The summed E-state index contributed by atoms with van der Waals surface area (Å²) in [6.45, 7) is 2.90. The Morgan fingerprint density at radius 1 is 1.18 bits per heavy atom. The summed E-state index contributed by atoms with van der Waals surface area (Å²) in [7, 11) is 4.72. The Bertz CT molecular complexity index is 764. The summed E-state index contributed by atoms with van der Waals surface area (Å²) in [6, 6.07) is 3.63. The van der Waals surface area contributed by atoms with Gasteiger partial charge in [0.05, 0.1) is 33.4 Å². The zero-order chi connectivity index (χ0) is 19.9. The van der Waals surface area contributed by atoms with Gasteiger partial charge in [-0.25, -0.2) is 0 Å². The van der Waals surface area contributed by atoms with Crippen LogP contribution in [0.15, 0.2) is 16.7 Å². The monoisotopic (exact) mass is 391 g/mol. The molecule has 1 aromatic heterocycles. The highest BCUT2D eigenvalue weighted by Crippen LogP contribution is 2.43. The number of benzene rings is 1. The first kappa shape index (κ1) is 20.4. The minimum absolute atomic E-state index is 0.261. The van der Waals surface area contributed by atoms with Crippen molar-refractivity contribution in [1.82, 2.24) is 15.0 Å². The molecular weight excluding hydrogens is 362 g/mol. The predicted molar refractivity (Wildman–Crippen MR) is 104 cm³/mol. The molecule has 1 aromatic carbocycles. The molecule has 0 aliphatic carbocycles. The van der Waals surface area contributed by atoms with Crippen molar-refractivity contribution in [3.63, 3.8) is 0 Å². The first-order valence-corrected chi connectivity index (χ1v) is 9.65. The summed E-state index contributed by atoms with van der Waals surface area (Å²) in [5.41, 5.74) is 0.689. The lowest BCUT2D eigenvalue weighted by molar-refractivity contribution is 0.139. The van der Waals surface area contributed by atoms with Gasteiger partial charge in [0.25, 0.3) is 0 Å². The van der Waals surface area contributed by atoms with E-state index in [1.807, 2.05) is 6.07 Å². The smallest absolute Gasteiger partial charge is 0.241 e. The average molecular weight is 391 g/mol. The number of piperidine rings is 1. The second kappa shape index (κ2) is 9.75. The van der Waals surface area contributed by atoms with Gasteiger partial charge in [-0.1, -0.05) is 5.16 Å². The van der Waals surface area contributed by atoms with Crippen LogP contribution >= 0.6 is 0 Å². The molecule has 8 nitrogen and oxygen atoms in total. The van der Waals surface area contributed by atoms with E-state index in [2.05, 4.69) is 15.0 Å². The molecule has 0 spiro atoms. The van der Waals surface area contributed by atoms with E-state index >= 15 is 0 Å². The molecule has 0 radical (unpaired) electrons. The third kappa shape index (κ3) is 4.56. The lowest BCUT2D eigenvalue weighted by Crippen LogP contribution is -2.35. The van der Waals surface area contributed by atoms with Gasteiger partial charge in [-0.05, 0) is 50.3 Å². The molecule has 2 heterocycles. The summed E-state index contributed by atoms with van der Waals surface area (Å²) >= 11 is 0. The number of likely N-dealkylation sites (tertiary alicyclic amines) is 1. The van der Waals surface area contributed by atoms with E-state index < -0.39 is 0 Å². The molecule has 2 aromatic rings. The number of nitrogens with zero attached hydrogens (tertiary/aromatic N) is 3. The average Bonchev–Trinajstić information content (AvgIpc) is 3.19. The Morgan fingerprint density at radius 2 is 2.00 bits per heavy atom. The summed E-state index contributed by atoms with van der Waals surface area (Å²) in [5, 5.41) is 13.2. The second-order valence-electron chi connectivity index (χ2n) is 7.00. The number of ether oxygens (including phenoxy) is 3. The Hall–Kier alpha value is -2.32. The Kier molecular flexibility index (Phi) is 7.11. The number of hydrogen-bond donors (Lipinski definition) is 1. The summed E-state index contributed by atoms with van der Waals surface area (Å²) in [6.07, 6.45) is 4.29. The summed E-state index contributed by atoms with van der Waals surface area (Å²) < 4.78 is 21.8. The molecule has 0 unspecified atom stereocenters. The maximum atomic E-state index is 9.05. The zero-order valence-electron chi connectivity index (χ0n) is 16.8. The highest BCUT2D eigenvalue weighted by Gasteiger charge is 2.23. The summed E-state index contributed by atoms with van der Waals surface area (Å²) in [5.74, 6) is 3.24. The van der Waals surface area contributed by atoms with E-state index in [1.54, 1.807) is 27.4 Å². The molecule has 1 aliphatic heterocycles. The van der Waals surface area contributed by atoms with E-state index in [4.69, 9.17) is 23.8 Å². The normalized spacial score (nSPS) is 17.5. The van der Waals surface area contributed by atoms with Gasteiger partial charge < -0.3 is 23.8 Å². The molecule has 8 heteroatoms. The fourth-order valence-corrected chi connectivity index (χ4v) is 3.81. The zero-order valence-corrected chi connectivity index (χ0v) is 16.8. The van der Waals surface area contributed by atoms with Gasteiger partial charge in [-0.15, -0.1) is 0 Å². The fourth-order valence-electron chi connectivity index (χ4n) is 3.81. The van der Waals surface area contributed by atoms with Gasteiger partial charge in [-0.2, -0.15) is 4.98 Å². The van der Waals surface area contributed by atoms with E-state index in [0.29, 0.717) is 47.0 Å². The molecule has 1 fully saturated rings. The molecule has 0 saturated carbocycles. The van der Waals surface area contributed by atoms with Crippen molar-refractivity contribution in [1.29, 1.82) is 0 Å². The second-order valence-corrected chi connectivity index (χ2v) is 7.00. The van der Waals surface area contributed by atoms with Crippen molar-refractivity contribution in [2.45, 2.75) is 32.2 Å². The van der Waals surface area contributed by atoms with Crippen molar-refractivity contribution in [3.05, 3.63) is 18.0 Å². The van der Waals surface area contributed by atoms with Crippen LogP contribution in [0.4, 0.5) is 0 Å². The minimum Gasteiger partial charge on any atom is -0.493 e. The van der Waals surface area contributed by atoms with Gasteiger partial charge in [0.15, 0.2) is 11.5 Å². The van der Waals surface area contributed by atoms with Gasteiger partial charge in [0.2, 0.25) is 17.5 Å². The molecule has 0 bridgehead atoms. The maximum Gasteiger partial charge on any atom is 0.241 e. The molecule has 1 aliphatic rings. The number of aliphatic hydroxyl groups is 1. The first-order chi connectivity index (χ1) is 13.7. The van der Waals surface area contributed by atoms with Crippen molar-refractivity contribution in [3.8, 4) is 28.6 Å². The highest BCUT2D eigenvalue weighted by atomic mass is 16.5. The van der Waals surface area contributed by atoms with Crippen molar-refractivity contribution >= 4 is 0 Å². The minimum atomic E-state index is 0.261. The molecule has 3 rings (SSSR count). The quantitative estimate of drug-likeness (QED) is 0.698. The molecule has 1 N–H and O–H groups in total.